The Kier molecular flexibility index (Phi) is 5.10. The standard InChI is InChI=1S/C17H22N4O3/c1-19(10-14-6-3-2-4-7-14)15-8-5-9-20(11-15)16(22)12-21-13-17(23)24-18-21/h2-4,6-7,13,15H,5,8-12H2,1H3/p+1. The van der Waals surface area contributed by atoms with E-state index in [1.807, 2.05) is 23.1 Å². The molecular weight excluding hydrogens is 308 g/mol. The largest absolute Gasteiger partial charge is 0.426 e. The number of hydrogen-bond donors (Lipinski definition) is 1. The lowest BCUT2D eigenvalue weighted by atomic mass is 10.0. The molecule has 2 aromatic rings. The second-order valence-corrected chi connectivity index (χ2v) is 6.31. The van der Waals surface area contributed by atoms with Gasteiger partial charge in [-0.3, -0.25) is 14.2 Å². The molecule has 1 amide bonds. The van der Waals surface area contributed by atoms with Crippen LogP contribution in [0.3, 0.4) is 0 Å². The number of rotatable bonds is 5. The molecule has 1 unspecified atom stereocenters. The van der Waals surface area contributed by atoms with Crippen molar-refractivity contribution in [2.24, 2.45) is 0 Å². The number of H-pyrrole nitrogens is 1. The van der Waals surface area contributed by atoms with E-state index in [4.69, 9.17) is 0 Å². The second-order valence-electron chi connectivity index (χ2n) is 6.31. The summed E-state index contributed by atoms with van der Waals surface area (Å²) < 4.78 is 5.96. The maximum atomic E-state index is 12.4. The average molecular weight is 331 g/mol. The Morgan fingerprint density at radius 2 is 2.21 bits per heavy atom. The van der Waals surface area contributed by atoms with Crippen LogP contribution in [-0.2, 0) is 17.9 Å². The van der Waals surface area contributed by atoms with Crippen LogP contribution in [0.2, 0.25) is 0 Å². The molecule has 1 N–H and O–H groups in total. The maximum absolute atomic E-state index is 12.4. The number of nitrogens with zero attached hydrogens (tertiary/aromatic N) is 3. The van der Waals surface area contributed by atoms with E-state index in [0.717, 1.165) is 25.9 Å². The lowest BCUT2D eigenvalue weighted by Crippen LogP contribution is -2.52. The number of likely N-dealkylation sites (tertiary alicyclic amines) is 1. The Morgan fingerprint density at radius 3 is 2.92 bits per heavy atom. The number of carbonyl (C=O) groups excluding carboxylic acids is 1. The first-order chi connectivity index (χ1) is 11.6. The fraction of sp³-hybridized carbons (Fsp3) is 0.471. The monoisotopic (exact) mass is 331 g/mol. The Hall–Kier alpha value is -2.41. The Morgan fingerprint density at radius 1 is 1.42 bits per heavy atom. The molecule has 0 spiro atoms. The molecule has 1 aliphatic rings. The zero-order chi connectivity index (χ0) is 16.9. The van der Waals surface area contributed by atoms with E-state index in [9.17, 15) is 9.59 Å². The van der Waals surface area contributed by atoms with Crippen LogP contribution in [-0.4, -0.2) is 47.2 Å². The Balaban J connectivity index is 1.57. The van der Waals surface area contributed by atoms with Gasteiger partial charge in [-0.05, 0) is 30.7 Å². The van der Waals surface area contributed by atoms with Gasteiger partial charge in [0.25, 0.3) is 18.6 Å². The molecule has 1 saturated heterocycles. The van der Waals surface area contributed by atoms with Crippen molar-refractivity contribution in [3.63, 3.8) is 0 Å². The van der Waals surface area contributed by atoms with Gasteiger partial charge >= 0.3 is 5.63 Å². The van der Waals surface area contributed by atoms with Crippen LogP contribution < -0.4 is 10.3 Å². The van der Waals surface area contributed by atoms with Crippen molar-refractivity contribution in [1.29, 1.82) is 0 Å². The minimum Gasteiger partial charge on any atom is -0.336 e. The van der Waals surface area contributed by atoms with E-state index in [0.29, 0.717) is 12.6 Å². The van der Waals surface area contributed by atoms with Crippen LogP contribution in [0.25, 0.3) is 0 Å². The van der Waals surface area contributed by atoms with Gasteiger partial charge in [0.15, 0.2) is 0 Å². The van der Waals surface area contributed by atoms with Crippen LogP contribution in [0.5, 0.6) is 0 Å². The van der Waals surface area contributed by atoms with Crippen molar-refractivity contribution in [2.45, 2.75) is 32.0 Å². The lowest BCUT2D eigenvalue weighted by molar-refractivity contribution is -0.751. The minimum atomic E-state index is -0.484. The van der Waals surface area contributed by atoms with Crippen molar-refractivity contribution in [3.8, 4) is 0 Å². The summed E-state index contributed by atoms with van der Waals surface area (Å²) >= 11 is 0. The molecule has 1 fully saturated rings. The van der Waals surface area contributed by atoms with E-state index in [-0.39, 0.29) is 12.5 Å². The normalized spacial score (nSPS) is 18.1. The molecular formula is C17H23N4O3+. The number of piperidine rings is 1. The van der Waals surface area contributed by atoms with Crippen molar-refractivity contribution in [1.82, 2.24) is 15.1 Å². The number of nitrogens with one attached hydrogen (secondary N) is 1. The van der Waals surface area contributed by atoms with Gasteiger partial charge in [0.2, 0.25) is 0 Å². The zero-order valence-electron chi connectivity index (χ0n) is 13.9. The molecule has 2 heterocycles. The molecule has 1 aromatic carbocycles. The molecule has 128 valence electrons. The first-order valence-corrected chi connectivity index (χ1v) is 8.22. The maximum Gasteiger partial charge on any atom is 0.426 e. The molecule has 1 aromatic heterocycles. The number of aromatic nitrogens is 2. The number of benzene rings is 1. The topological polar surface area (TPSA) is 73.4 Å². The van der Waals surface area contributed by atoms with Gasteiger partial charge in [0.1, 0.15) is 0 Å². The van der Waals surface area contributed by atoms with Crippen molar-refractivity contribution >= 4 is 5.91 Å². The van der Waals surface area contributed by atoms with Crippen LogP contribution in [0.4, 0.5) is 0 Å². The zero-order valence-corrected chi connectivity index (χ0v) is 13.9. The summed E-state index contributed by atoms with van der Waals surface area (Å²) in [5, 5.41) is 2.41. The first kappa shape index (κ1) is 16.4. The molecule has 7 nitrogen and oxygen atoms in total. The second kappa shape index (κ2) is 7.44. The van der Waals surface area contributed by atoms with Crippen LogP contribution >= 0.6 is 0 Å². The van der Waals surface area contributed by atoms with Crippen LogP contribution in [0.15, 0.2) is 45.8 Å². The molecule has 3 rings (SSSR count). The predicted molar refractivity (Wildman–Crippen MR) is 87.0 cm³/mol. The third-order valence-electron chi connectivity index (χ3n) is 4.48. The highest BCUT2D eigenvalue weighted by Gasteiger charge is 2.28. The van der Waals surface area contributed by atoms with Gasteiger partial charge in [-0.25, -0.2) is 4.79 Å². The number of amides is 1. The van der Waals surface area contributed by atoms with E-state index in [1.165, 1.54) is 16.4 Å². The van der Waals surface area contributed by atoms with Crippen LogP contribution in [0.1, 0.15) is 18.4 Å². The molecule has 0 bridgehead atoms. The third kappa shape index (κ3) is 4.11. The van der Waals surface area contributed by atoms with Gasteiger partial charge in [-0.1, -0.05) is 35.0 Å². The van der Waals surface area contributed by atoms with E-state index < -0.39 is 5.63 Å². The first-order valence-electron chi connectivity index (χ1n) is 8.22. The van der Waals surface area contributed by atoms with E-state index in [1.54, 1.807) is 0 Å². The molecule has 1 atom stereocenters. The summed E-state index contributed by atoms with van der Waals surface area (Å²) in [5.74, 6) is -0.00476. The summed E-state index contributed by atoms with van der Waals surface area (Å²) in [5.41, 5.74) is 0.789. The molecule has 7 heteroatoms. The van der Waals surface area contributed by atoms with Crippen molar-refractivity contribution < 1.29 is 14.0 Å². The van der Waals surface area contributed by atoms with E-state index in [2.05, 4.69) is 33.9 Å². The molecule has 1 aliphatic heterocycles. The van der Waals surface area contributed by atoms with Gasteiger partial charge in [0, 0.05) is 25.7 Å². The summed E-state index contributed by atoms with van der Waals surface area (Å²) in [6.07, 6.45) is 3.33. The summed E-state index contributed by atoms with van der Waals surface area (Å²) in [4.78, 5) is 27.6. The van der Waals surface area contributed by atoms with Gasteiger partial charge < -0.3 is 4.90 Å². The van der Waals surface area contributed by atoms with Crippen molar-refractivity contribution in [3.05, 3.63) is 52.5 Å². The van der Waals surface area contributed by atoms with Gasteiger partial charge in [-0.15, -0.1) is 0 Å². The highest BCUT2D eigenvalue weighted by molar-refractivity contribution is 5.74. The third-order valence-corrected chi connectivity index (χ3v) is 4.48. The smallest absolute Gasteiger partial charge is 0.336 e. The summed E-state index contributed by atoms with van der Waals surface area (Å²) in [6.45, 7) is 2.44. The molecule has 0 aliphatic carbocycles. The Bertz CT molecular complexity index is 725. The molecule has 0 saturated carbocycles. The molecule has 24 heavy (non-hydrogen) atoms. The highest BCUT2D eigenvalue weighted by Crippen LogP contribution is 2.17. The predicted octanol–water partition coefficient (Wildman–Crippen LogP) is 0.378. The van der Waals surface area contributed by atoms with Crippen LogP contribution in [0, 0.1) is 0 Å². The van der Waals surface area contributed by atoms with Gasteiger partial charge in [-0.2, -0.15) is 0 Å². The van der Waals surface area contributed by atoms with Gasteiger partial charge in [0.05, 0.1) is 0 Å². The summed E-state index contributed by atoms with van der Waals surface area (Å²) in [6, 6.07) is 10.7. The summed E-state index contributed by atoms with van der Waals surface area (Å²) in [7, 11) is 2.11. The number of carbonyl (C=O) groups is 1. The molecule has 0 radical (unpaired) electrons. The minimum absolute atomic E-state index is 0.00476. The van der Waals surface area contributed by atoms with Crippen molar-refractivity contribution in [2.75, 3.05) is 20.1 Å². The fourth-order valence-corrected chi connectivity index (χ4v) is 3.15. The Labute approximate surface area is 140 Å². The SMILES string of the molecule is CN(Cc1ccccc1)C1CCCN(C(=O)C[n+]2cc(=O)o[nH]2)C1. The number of aromatic amines is 1. The fourth-order valence-electron chi connectivity index (χ4n) is 3.15. The van der Waals surface area contributed by atoms with E-state index >= 15 is 0 Å². The number of likely N-dealkylation sites (N-methyl/N-ethyl adjacent to an activating group) is 1. The number of hydrogen-bond acceptors (Lipinski definition) is 4. The quantitative estimate of drug-likeness (QED) is 0.804. The highest BCUT2D eigenvalue weighted by atomic mass is 16.5. The average Bonchev–Trinajstić information content (AvgIpc) is 3.00. The lowest BCUT2D eigenvalue weighted by Gasteiger charge is -2.37.